The quantitative estimate of drug-likeness (QED) is 0.755. The van der Waals surface area contributed by atoms with Gasteiger partial charge in [-0.05, 0) is 46.1 Å². The largest absolute Gasteiger partial charge is 0.421 e. The number of nitrogens with one attached hydrogen (secondary N) is 1. The minimum atomic E-state index is 0.0130. The number of rotatable bonds is 8. The molecule has 1 heterocycles. The summed E-state index contributed by atoms with van der Waals surface area (Å²) < 4.78 is 5.62. The van der Waals surface area contributed by atoms with Gasteiger partial charge in [0.1, 0.15) is 0 Å². The van der Waals surface area contributed by atoms with E-state index in [1.54, 1.807) is 0 Å². The molecule has 0 atom stereocenters. The number of hydrogen-bond donors (Lipinski definition) is 1. The fourth-order valence-corrected chi connectivity index (χ4v) is 2.18. The number of hydrogen-bond acceptors (Lipinski definition) is 5. The summed E-state index contributed by atoms with van der Waals surface area (Å²) in [6.45, 7) is 3.67. The molecule has 0 aliphatic heterocycles. The predicted octanol–water partition coefficient (Wildman–Crippen LogP) is 2.05. The second kappa shape index (κ2) is 8.43. The molecular weight excluding hydrogens is 292 g/mol. The molecule has 0 spiro atoms. The van der Waals surface area contributed by atoms with E-state index in [-0.39, 0.29) is 5.91 Å². The van der Waals surface area contributed by atoms with Gasteiger partial charge in [0.05, 0.1) is 0 Å². The molecule has 0 radical (unpaired) electrons. The molecule has 0 bridgehead atoms. The topological polar surface area (TPSA) is 71.3 Å². The average Bonchev–Trinajstić information content (AvgIpc) is 2.98. The highest BCUT2D eigenvalue weighted by Gasteiger charge is 2.10. The van der Waals surface area contributed by atoms with Crippen molar-refractivity contribution in [3.05, 3.63) is 35.7 Å². The average molecular weight is 316 g/mol. The lowest BCUT2D eigenvalue weighted by molar-refractivity contribution is -0.121. The molecule has 23 heavy (non-hydrogen) atoms. The van der Waals surface area contributed by atoms with E-state index in [9.17, 15) is 4.79 Å². The minimum absolute atomic E-state index is 0.0130. The van der Waals surface area contributed by atoms with Gasteiger partial charge in [-0.3, -0.25) is 4.79 Å². The molecule has 0 aliphatic rings. The zero-order valence-electron chi connectivity index (χ0n) is 14.0. The summed E-state index contributed by atoms with van der Waals surface area (Å²) in [5.41, 5.74) is 2.04. The SMILES string of the molecule is Cc1cccc(-c2nnc(CCC(=O)NCCCN(C)C)o2)c1. The number of nitrogens with zero attached hydrogens (tertiary/aromatic N) is 3. The zero-order chi connectivity index (χ0) is 16.7. The van der Waals surface area contributed by atoms with Gasteiger partial charge < -0.3 is 14.6 Å². The molecule has 0 saturated carbocycles. The van der Waals surface area contributed by atoms with E-state index in [1.807, 2.05) is 45.3 Å². The van der Waals surface area contributed by atoms with Crippen LogP contribution in [0, 0.1) is 6.92 Å². The number of carbonyl (C=O) groups excluding carboxylic acids is 1. The first-order valence-corrected chi connectivity index (χ1v) is 7.85. The summed E-state index contributed by atoms with van der Waals surface area (Å²) in [4.78, 5) is 13.9. The minimum Gasteiger partial charge on any atom is -0.421 e. The van der Waals surface area contributed by atoms with Crippen LogP contribution in [0.15, 0.2) is 28.7 Å². The first-order valence-electron chi connectivity index (χ1n) is 7.85. The van der Waals surface area contributed by atoms with Crippen LogP contribution in [0.1, 0.15) is 24.3 Å². The Labute approximate surface area is 136 Å². The van der Waals surface area contributed by atoms with Crippen molar-refractivity contribution in [2.45, 2.75) is 26.2 Å². The summed E-state index contributed by atoms with van der Waals surface area (Å²) in [6.07, 6.45) is 1.76. The first-order chi connectivity index (χ1) is 11.0. The molecule has 6 nitrogen and oxygen atoms in total. The molecular formula is C17H24N4O2. The Morgan fingerprint density at radius 1 is 1.30 bits per heavy atom. The predicted molar refractivity (Wildman–Crippen MR) is 89.0 cm³/mol. The van der Waals surface area contributed by atoms with Gasteiger partial charge in [0.25, 0.3) is 0 Å². The van der Waals surface area contributed by atoms with Gasteiger partial charge in [-0.2, -0.15) is 0 Å². The van der Waals surface area contributed by atoms with Crippen molar-refractivity contribution in [3.63, 3.8) is 0 Å². The van der Waals surface area contributed by atoms with Crippen LogP contribution in [0.3, 0.4) is 0 Å². The zero-order valence-corrected chi connectivity index (χ0v) is 14.0. The van der Waals surface area contributed by atoms with Crippen molar-refractivity contribution in [2.24, 2.45) is 0 Å². The third-order valence-electron chi connectivity index (χ3n) is 3.40. The Bertz CT molecular complexity index is 637. The second-order valence-electron chi connectivity index (χ2n) is 5.88. The fourth-order valence-electron chi connectivity index (χ4n) is 2.18. The molecule has 6 heteroatoms. The van der Waals surface area contributed by atoms with Crippen molar-refractivity contribution < 1.29 is 9.21 Å². The van der Waals surface area contributed by atoms with E-state index in [2.05, 4.69) is 20.4 Å². The lowest BCUT2D eigenvalue weighted by atomic mass is 10.1. The van der Waals surface area contributed by atoms with Gasteiger partial charge in [-0.1, -0.05) is 17.7 Å². The van der Waals surface area contributed by atoms with Gasteiger partial charge in [0.2, 0.25) is 17.7 Å². The Morgan fingerprint density at radius 2 is 2.13 bits per heavy atom. The third-order valence-corrected chi connectivity index (χ3v) is 3.40. The van der Waals surface area contributed by atoms with Crippen LogP contribution < -0.4 is 5.32 Å². The van der Waals surface area contributed by atoms with E-state index < -0.39 is 0 Å². The monoisotopic (exact) mass is 316 g/mol. The lowest BCUT2D eigenvalue weighted by Crippen LogP contribution is -2.27. The molecule has 1 N–H and O–H groups in total. The van der Waals surface area contributed by atoms with E-state index in [1.165, 1.54) is 0 Å². The first kappa shape index (κ1) is 17.1. The maximum Gasteiger partial charge on any atom is 0.247 e. The van der Waals surface area contributed by atoms with Gasteiger partial charge in [0.15, 0.2) is 0 Å². The molecule has 0 saturated heterocycles. The summed E-state index contributed by atoms with van der Waals surface area (Å²) in [5.74, 6) is 0.999. The van der Waals surface area contributed by atoms with Crippen molar-refractivity contribution in [2.75, 3.05) is 27.2 Å². The van der Waals surface area contributed by atoms with Crippen LogP contribution in [0.5, 0.6) is 0 Å². The van der Waals surface area contributed by atoms with Crippen LogP contribution in [0.4, 0.5) is 0 Å². The molecule has 2 aromatic rings. The summed E-state index contributed by atoms with van der Waals surface area (Å²) >= 11 is 0. The van der Waals surface area contributed by atoms with Crippen molar-refractivity contribution in [3.8, 4) is 11.5 Å². The van der Waals surface area contributed by atoms with E-state index >= 15 is 0 Å². The van der Waals surface area contributed by atoms with E-state index in [0.29, 0.717) is 31.2 Å². The number of amides is 1. The van der Waals surface area contributed by atoms with Gasteiger partial charge in [0, 0.05) is 24.9 Å². The summed E-state index contributed by atoms with van der Waals surface area (Å²) in [6, 6.07) is 7.90. The molecule has 0 aliphatic carbocycles. The smallest absolute Gasteiger partial charge is 0.247 e. The lowest BCUT2D eigenvalue weighted by Gasteiger charge is -2.09. The highest BCUT2D eigenvalue weighted by molar-refractivity contribution is 5.75. The highest BCUT2D eigenvalue weighted by Crippen LogP contribution is 2.19. The van der Waals surface area contributed by atoms with Crippen LogP contribution in [-0.4, -0.2) is 48.2 Å². The highest BCUT2D eigenvalue weighted by atomic mass is 16.4. The third kappa shape index (κ3) is 5.83. The molecule has 1 aromatic heterocycles. The number of aromatic nitrogens is 2. The number of aryl methyl sites for hydroxylation is 2. The number of carbonyl (C=O) groups is 1. The maximum atomic E-state index is 11.8. The molecule has 1 aromatic carbocycles. The fraction of sp³-hybridized carbons (Fsp3) is 0.471. The Morgan fingerprint density at radius 3 is 2.87 bits per heavy atom. The van der Waals surface area contributed by atoms with Crippen molar-refractivity contribution >= 4 is 5.91 Å². The molecule has 1 amide bonds. The molecule has 0 unspecified atom stereocenters. The second-order valence-corrected chi connectivity index (χ2v) is 5.88. The Kier molecular flexibility index (Phi) is 6.29. The van der Waals surface area contributed by atoms with Crippen molar-refractivity contribution in [1.82, 2.24) is 20.4 Å². The van der Waals surface area contributed by atoms with Crippen molar-refractivity contribution in [1.29, 1.82) is 0 Å². The molecule has 2 rings (SSSR count). The molecule has 124 valence electrons. The Balaban J connectivity index is 1.77. The van der Waals surface area contributed by atoms with Gasteiger partial charge >= 0.3 is 0 Å². The molecule has 0 fully saturated rings. The van der Waals surface area contributed by atoms with Gasteiger partial charge in [-0.25, -0.2) is 0 Å². The van der Waals surface area contributed by atoms with Gasteiger partial charge in [-0.15, -0.1) is 10.2 Å². The van der Waals surface area contributed by atoms with Crippen LogP contribution >= 0.6 is 0 Å². The van der Waals surface area contributed by atoms with Crippen LogP contribution in [0.25, 0.3) is 11.5 Å². The standard InChI is InChI=1S/C17H24N4O2/c1-13-6-4-7-14(12-13)17-20-19-16(23-17)9-8-15(22)18-10-5-11-21(2)3/h4,6-7,12H,5,8-11H2,1-3H3,(H,18,22). The number of benzene rings is 1. The van der Waals surface area contributed by atoms with E-state index in [0.717, 1.165) is 24.1 Å². The normalized spacial score (nSPS) is 11.0. The Hall–Kier alpha value is -2.21. The maximum absolute atomic E-state index is 11.8. The summed E-state index contributed by atoms with van der Waals surface area (Å²) in [5, 5.41) is 11.0. The van der Waals surface area contributed by atoms with E-state index in [4.69, 9.17) is 4.42 Å². The van der Waals surface area contributed by atoms with Crippen LogP contribution in [-0.2, 0) is 11.2 Å². The summed E-state index contributed by atoms with van der Waals surface area (Å²) in [7, 11) is 4.03. The van der Waals surface area contributed by atoms with Crippen LogP contribution in [0.2, 0.25) is 0 Å².